The van der Waals surface area contributed by atoms with Crippen LogP contribution in [0.1, 0.15) is 5.56 Å². The molecule has 0 aliphatic heterocycles. The maximum atomic E-state index is 12.2. The number of fused-ring (bicyclic) bond motifs is 1. The summed E-state index contributed by atoms with van der Waals surface area (Å²) in [5.41, 5.74) is 2.27. The molecule has 0 radical (unpaired) electrons. The molecule has 8 nitrogen and oxygen atoms in total. The van der Waals surface area contributed by atoms with Gasteiger partial charge in [-0.3, -0.25) is 4.79 Å². The van der Waals surface area contributed by atoms with Crippen molar-refractivity contribution < 1.29 is 19.0 Å². The van der Waals surface area contributed by atoms with Crippen molar-refractivity contribution in [2.24, 2.45) is 0 Å². The van der Waals surface area contributed by atoms with Gasteiger partial charge in [0.2, 0.25) is 11.7 Å². The first-order valence-electron chi connectivity index (χ1n) is 8.05. The molecule has 0 bridgehead atoms. The van der Waals surface area contributed by atoms with Gasteiger partial charge in [-0.25, -0.2) is 4.79 Å². The first-order valence-corrected chi connectivity index (χ1v) is 8.05. The molecule has 0 fully saturated rings. The zero-order valence-corrected chi connectivity index (χ0v) is 15.1. The van der Waals surface area contributed by atoms with Gasteiger partial charge in [-0.15, -0.1) is 0 Å². The highest BCUT2D eigenvalue weighted by Gasteiger charge is 2.12. The number of rotatable bonds is 6. The van der Waals surface area contributed by atoms with E-state index >= 15 is 0 Å². The van der Waals surface area contributed by atoms with Crippen molar-refractivity contribution in [2.45, 2.75) is 0 Å². The number of carbonyl (C=O) groups is 1. The summed E-state index contributed by atoms with van der Waals surface area (Å²) in [6, 6.07) is 8.57. The summed E-state index contributed by atoms with van der Waals surface area (Å²) in [6.07, 6.45) is 3.03. The topological polar surface area (TPSA) is 105 Å². The average molecular weight is 369 g/mol. The Hall–Kier alpha value is -3.68. The van der Waals surface area contributed by atoms with Crippen LogP contribution in [0.2, 0.25) is 0 Å². The van der Waals surface area contributed by atoms with Crippen molar-refractivity contribution in [3.8, 4) is 17.2 Å². The first kappa shape index (κ1) is 18.1. The molecule has 0 aliphatic rings. The number of aromatic nitrogens is 2. The summed E-state index contributed by atoms with van der Waals surface area (Å²) < 4.78 is 15.9. The Labute approximate surface area is 154 Å². The van der Waals surface area contributed by atoms with Crippen LogP contribution in [0.15, 0.2) is 41.2 Å². The number of hydrogen-bond acceptors (Lipinski definition) is 5. The van der Waals surface area contributed by atoms with E-state index in [0.29, 0.717) is 39.5 Å². The summed E-state index contributed by atoms with van der Waals surface area (Å²) in [5, 5.41) is 2.74. The van der Waals surface area contributed by atoms with Crippen molar-refractivity contribution in [1.29, 1.82) is 0 Å². The number of carbonyl (C=O) groups excluding carboxylic acids is 1. The van der Waals surface area contributed by atoms with Crippen LogP contribution in [-0.2, 0) is 4.79 Å². The highest BCUT2D eigenvalue weighted by molar-refractivity contribution is 6.02. The Morgan fingerprint density at radius 3 is 2.26 bits per heavy atom. The van der Waals surface area contributed by atoms with Crippen LogP contribution in [0.4, 0.5) is 5.69 Å². The van der Waals surface area contributed by atoms with Gasteiger partial charge in [0.25, 0.3) is 0 Å². The zero-order valence-electron chi connectivity index (χ0n) is 15.1. The number of imidazole rings is 1. The Bertz CT molecular complexity index is 1040. The molecular weight excluding hydrogens is 350 g/mol. The minimum atomic E-state index is -0.319. The minimum absolute atomic E-state index is 0.296. The van der Waals surface area contributed by atoms with Crippen LogP contribution in [0.3, 0.4) is 0 Å². The molecule has 1 aromatic heterocycles. The fourth-order valence-corrected chi connectivity index (χ4v) is 2.66. The highest BCUT2D eigenvalue weighted by atomic mass is 16.5. The Morgan fingerprint density at radius 2 is 1.63 bits per heavy atom. The normalized spacial score (nSPS) is 10.9. The molecule has 0 aliphatic carbocycles. The largest absolute Gasteiger partial charge is 0.493 e. The monoisotopic (exact) mass is 369 g/mol. The molecule has 0 atom stereocenters. The van der Waals surface area contributed by atoms with Crippen LogP contribution < -0.4 is 25.2 Å². The van der Waals surface area contributed by atoms with E-state index in [0.717, 1.165) is 0 Å². The number of aromatic amines is 2. The van der Waals surface area contributed by atoms with E-state index in [9.17, 15) is 9.59 Å². The molecule has 3 aromatic rings. The molecule has 0 saturated carbocycles. The number of nitrogens with one attached hydrogen (secondary N) is 3. The summed E-state index contributed by atoms with van der Waals surface area (Å²) >= 11 is 0. The number of hydrogen-bond donors (Lipinski definition) is 3. The summed E-state index contributed by atoms with van der Waals surface area (Å²) in [7, 11) is 4.58. The fourth-order valence-electron chi connectivity index (χ4n) is 2.66. The number of amides is 1. The molecule has 8 heteroatoms. The van der Waals surface area contributed by atoms with Crippen LogP contribution >= 0.6 is 0 Å². The maximum Gasteiger partial charge on any atom is 0.323 e. The molecule has 0 spiro atoms. The molecule has 140 valence electrons. The van der Waals surface area contributed by atoms with Crippen LogP contribution in [0.5, 0.6) is 17.2 Å². The molecule has 0 unspecified atom stereocenters. The van der Waals surface area contributed by atoms with E-state index in [1.807, 2.05) is 0 Å². The molecule has 3 rings (SSSR count). The maximum absolute atomic E-state index is 12.2. The molecule has 3 N–H and O–H groups in total. The Kier molecular flexibility index (Phi) is 5.16. The van der Waals surface area contributed by atoms with Gasteiger partial charge in [0, 0.05) is 11.8 Å². The second-order valence-electron chi connectivity index (χ2n) is 5.62. The third-order valence-corrected chi connectivity index (χ3v) is 3.90. The quantitative estimate of drug-likeness (QED) is 0.579. The molecule has 27 heavy (non-hydrogen) atoms. The van der Waals surface area contributed by atoms with Crippen LogP contribution in [-0.4, -0.2) is 37.2 Å². The number of ether oxygens (including phenoxy) is 3. The lowest BCUT2D eigenvalue weighted by molar-refractivity contribution is -0.111. The fraction of sp³-hybridized carbons (Fsp3) is 0.158. The lowest BCUT2D eigenvalue weighted by atomic mass is 10.1. The SMILES string of the molecule is COc1cc(C=CC(=O)Nc2ccc3[nH]c(=O)[nH]c3c2)cc(OC)c1OC. The summed E-state index contributed by atoms with van der Waals surface area (Å²) in [4.78, 5) is 28.8. The van der Waals surface area contributed by atoms with Gasteiger partial charge in [-0.1, -0.05) is 0 Å². The van der Waals surface area contributed by atoms with Gasteiger partial charge in [0.15, 0.2) is 11.5 Å². The first-order chi connectivity index (χ1) is 13.0. The minimum Gasteiger partial charge on any atom is -0.493 e. The van der Waals surface area contributed by atoms with E-state index in [1.54, 1.807) is 36.4 Å². The molecule has 0 saturated heterocycles. The average Bonchev–Trinajstić information content (AvgIpc) is 3.04. The lowest BCUT2D eigenvalue weighted by Crippen LogP contribution is -2.07. The predicted molar refractivity (Wildman–Crippen MR) is 103 cm³/mol. The van der Waals surface area contributed by atoms with Gasteiger partial charge in [0.05, 0.1) is 32.4 Å². The second-order valence-corrected chi connectivity index (χ2v) is 5.62. The smallest absolute Gasteiger partial charge is 0.323 e. The number of anilines is 1. The molecule has 1 amide bonds. The molecule has 1 heterocycles. The van der Waals surface area contributed by atoms with Gasteiger partial charge in [0.1, 0.15) is 0 Å². The lowest BCUT2D eigenvalue weighted by Gasteiger charge is -2.12. The van der Waals surface area contributed by atoms with E-state index < -0.39 is 0 Å². The van der Waals surface area contributed by atoms with Gasteiger partial charge in [-0.05, 0) is 42.0 Å². The van der Waals surface area contributed by atoms with Crippen LogP contribution in [0, 0.1) is 0 Å². The summed E-state index contributed by atoms with van der Waals surface area (Å²) in [6.45, 7) is 0. The Balaban J connectivity index is 1.78. The molecular formula is C19H19N3O5. The highest BCUT2D eigenvalue weighted by Crippen LogP contribution is 2.38. The van der Waals surface area contributed by atoms with Gasteiger partial charge < -0.3 is 29.5 Å². The third kappa shape index (κ3) is 3.95. The van der Waals surface area contributed by atoms with Crippen LogP contribution in [0.25, 0.3) is 17.1 Å². The van der Waals surface area contributed by atoms with E-state index in [2.05, 4.69) is 15.3 Å². The number of benzene rings is 2. The Morgan fingerprint density at radius 1 is 0.963 bits per heavy atom. The zero-order chi connectivity index (χ0) is 19.4. The van der Waals surface area contributed by atoms with Gasteiger partial charge >= 0.3 is 5.69 Å². The number of H-pyrrole nitrogens is 2. The third-order valence-electron chi connectivity index (χ3n) is 3.90. The van der Waals surface area contributed by atoms with Crippen molar-refractivity contribution in [3.05, 3.63) is 52.5 Å². The predicted octanol–water partition coefficient (Wildman–Crippen LogP) is 2.53. The summed E-state index contributed by atoms with van der Waals surface area (Å²) in [5.74, 6) is 1.16. The standard InChI is InChI=1S/C19H19N3O5/c1-25-15-8-11(9-16(26-2)18(15)27-3)4-7-17(23)20-12-5-6-13-14(10-12)22-19(24)21-13/h4-10H,1-3H3,(H,20,23)(H2,21,22,24). The van der Waals surface area contributed by atoms with Crippen molar-refractivity contribution >= 4 is 28.7 Å². The molecule has 2 aromatic carbocycles. The van der Waals surface area contributed by atoms with E-state index in [-0.39, 0.29) is 11.6 Å². The number of methoxy groups -OCH3 is 3. The second kappa shape index (κ2) is 7.69. The van der Waals surface area contributed by atoms with Crippen molar-refractivity contribution in [1.82, 2.24) is 9.97 Å². The van der Waals surface area contributed by atoms with E-state index in [4.69, 9.17) is 14.2 Å². The van der Waals surface area contributed by atoms with Crippen molar-refractivity contribution in [2.75, 3.05) is 26.6 Å². The van der Waals surface area contributed by atoms with Gasteiger partial charge in [-0.2, -0.15) is 0 Å². The van der Waals surface area contributed by atoms with E-state index in [1.165, 1.54) is 27.4 Å². The van der Waals surface area contributed by atoms with Crippen molar-refractivity contribution in [3.63, 3.8) is 0 Å².